The third-order valence-electron chi connectivity index (χ3n) is 5.48. The molecular weight excluding hydrogens is 262 g/mol. The molecule has 1 saturated carbocycles. The van der Waals surface area contributed by atoms with E-state index in [1.54, 1.807) is 0 Å². The SMILES string of the molecule is CCN(CC)CC1CCN(C(=O)CC2(N)CCCC2)CC1. The molecule has 1 amide bonds. The van der Waals surface area contributed by atoms with Crippen LogP contribution >= 0.6 is 0 Å². The van der Waals surface area contributed by atoms with Gasteiger partial charge in [0.1, 0.15) is 0 Å². The lowest BCUT2D eigenvalue weighted by Gasteiger charge is -2.36. The van der Waals surface area contributed by atoms with Crippen LogP contribution in [0.5, 0.6) is 0 Å². The molecule has 0 unspecified atom stereocenters. The van der Waals surface area contributed by atoms with Gasteiger partial charge in [-0.2, -0.15) is 0 Å². The fourth-order valence-corrected chi connectivity index (χ4v) is 3.88. The third kappa shape index (κ3) is 4.68. The number of nitrogens with zero attached hydrogens (tertiary/aromatic N) is 2. The average Bonchev–Trinajstić information content (AvgIpc) is 2.91. The highest BCUT2D eigenvalue weighted by molar-refractivity contribution is 5.77. The molecule has 0 bridgehead atoms. The first-order valence-corrected chi connectivity index (χ1v) is 8.85. The van der Waals surface area contributed by atoms with Gasteiger partial charge in [0.05, 0.1) is 0 Å². The highest BCUT2D eigenvalue weighted by atomic mass is 16.2. The van der Waals surface area contributed by atoms with E-state index in [0.717, 1.165) is 57.8 Å². The van der Waals surface area contributed by atoms with Gasteiger partial charge in [0, 0.05) is 31.6 Å². The van der Waals surface area contributed by atoms with Gasteiger partial charge >= 0.3 is 0 Å². The van der Waals surface area contributed by atoms with E-state index in [2.05, 4.69) is 23.6 Å². The van der Waals surface area contributed by atoms with E-state index in [9.17, 15) is 4.79 Å². The van der Waals surface area contributed by atoms with Crippen molar-refractivity contribution in [2.75, 3.05) is 32.7 Å². The number of carbonyl (C=O) groups is 1. The molecule has 2 fully saturated rings. The van der Waals surface area contributed by atoms with Gasteiger partial charge in [-0.15, -0.1) is 0 Å². The summed E-state index contributed by atoms with van der Waals surface area (Å²) >= 11 is 0. The van der Waals surface area contributed by atoms with Gasteiger partial charge in [0.2, 0.25) is 5.91 Å². The van der Waals surface area contributed by atoms with E-state index in [1.807, 2.05) is 0 Å². The Morgan fingerprint density at radius 1 is 1.19 bits per heavy atom. The molecule has 1 aliphatic carbocycles. The largest absolute Gasteiger partial charge is 0.343 e. The molecule has 1 heterocycles. The van der Waals surface area contributed by atoms with Crippen LogP contribution in [0.1, 0.15) is 58.8 Å². The molecule has 4 heteroatoms. The maximum atomic E-state index is 12.4. The van der Waals surface area contributed by atoms with E-state index < -0.39 is 0 Å². The molecule has 122 valence electrons. The fraction of sp³-hybridized carbons (Fsp3) is 0.941. The van der Waals surface area contributed by atoms with Crippen molar-refractivity contribution in [3.8, 4) is 0 Å². The summed E-state index contributed by atoms with van der Waals surface area (Å²) in [6, 6.07) is 0. The molecular formula is C17H33N3O. The molecule has 1 aliphatic heterocycles. The van der Waals surface area contributed by atoms with Gasteiger partial charge < -0.3 is 15.5 Å². The standard InChI is InChI=1S/C17H33N3O/c1-3-19(4-2)14-15-7-11-20(12-8-15)16(21)13-17(18)9-5-6-10-17/h15H,3-14,18H2,1-2H3. The van der Waals surface area contributed by atoms with E-state index in [4.69, 9.17) is 5.73 Å². The van der Waals surface area contributed by atoms with Gasteiger partial charge in [0.15, 0.2) is 0 Å². The fourth-order valence-electron chi connectivity index (χ4n) is 3.88. The molecule has 0 aromatic heterocycles. The van der Waals surface area contributed by atoms with E-state index in [-0.39, 0.29) is 5.54 Å². The van der Waals surface area contributed by atoms with Crippen LogP contribution in [-0.2, 0) is 4.79 Å². The summed E-state index contributed by atoms with van der Waals surface area (Å²) in [5.41, 5.74) is 6.14. The molecule has 0 atom stereocenters. The molecule has 2 N–H and O–H groups in total. The van der Waals surface area contributed by atoms with Gasteiger partial charge in [-0.05, 0) is 44.7 Å². The molecule has 2 rings (SSSR count). The zero-order chi connectivity index (χ0) is 15.3. The van der Waals surface area contributed by atoms with Crippen LogP contribution in [0.25, 0.3) is 0 Å². The highest BCUT2D eigenvalue weighted by Crippen LogP contribution is 2.31. The summed E-state index contributed by atoms with van der Waals surface area (Å²) in [6.07, 6.45) is 7.30. The Morgan fingerprint density at radius 3 is 2.29 bits per heavy atom. The van der Waals surface area contributed by atoms with Crippen LogP contribution in [0.3, 0.4) is 0 Å². The maximum absolute atomic E-state index is 12.4. The smallest absolute Gasteiger partial charge is 0.224 e. The first-order valence-electron chi connectivity index (χ1n) is 8.85. The second-order valence-electron chi connectivity index (χ2n) is 7.06. The molecule has 4 nitrogen and oxygen atoms in total. The predicted molar refractivity (Wildman–Crippen MR) is 87.1 cm³/mol. The number of piperidine rings is 1. The van der Waals surface area contributed by atoms with Crippen LogP contribution < -0.4 is 5.73 Å². The van der Waals surface area contributed by atoms with E-state index in [1.165, 1.54) is 19.4 Å². The van der Waals surface area contributed by atoms with Crippen molar-refractivity contribution in [2.24, 2.45) is 11.7 Å². The summed E-state index contributed by atoms with van der Waals surface area (Å²) in [6.45, 7) is 9.77. The molecule has 1 saturated heterocycles. The Morgan fingerprint density at radius 2 is 1.76 bits per heavy atom. The molecule has 21 heavy (non-hydrogen) atoms. The Labute approximate surface area is 130 Å². The summed E-state index contributed by atoms with van der Waals surface area (Å²) in [7, 11) is 0. The van der Waals surface area contributed by atoms with Crippen LogP contribution in [0.4, 0.5) is 0 Å². The van der Waals surface area contributed by atoms with Gasteiger partial charge in [0.25, 0.3) is 0 Å². The van der Waals surface area contributed by atoms with Crippen LogP contribution in [0.15, 0.2) is 0 Å². The van der Waals surface area contributed by atoms with Crippen molar-refractivity contribution in [3.63, 3.8) is 0 Å². The monoisotopic (exact) mass is 295 g/mol. The number of likely N-dealkylation sites (tertiary alicyclic amines) is 1. The normalized spacial score (nSPS) is 23.0. The first kappa shape index (κ1) is 16.8. The Hall–Kier alpha value is -0.610. The number of hydrogen-bond acceptors (Lipinski definition) is 3. The predicted octanol–water partition coefficient (Wildman–Crippen LogP) is 2.23. The van der Waals surface area contributed by atoms with Crippen LogP contribution in [0.2, 0.25) is 0 Å². The van der Waals surface area contributed by atoms with Crippen LogP contribution in [-0.4, -0.2) is 54.0 Å². The van der Waals surface area contributed by atoms with E-state index in [0.29, 0.717) is 12.3 Å². The summed E-state index contributed by atoms with van der Waals surface area (Å²) in [4.78, 5) is 17.0. The van der Waals surface area contributed by atoms with Crippen molar-refractivity contribution in [2.45, 2.75) is 64.3 Å². The molecule has 0 aromatic carbocycles. The summed E-state index contributed by atoms with van der Waals surface area (Å²) < 4.78 is 0. The molecule has 0 radical (unpaired) electrons. The Kier molecular flexibility index (Phi) is 6.06. The number of nitrogens with two attached hydrogens (primary N) is 1. The number of carbonyl (C=O) groups excluding carboxylic acids is 1. The summed E-state index contributed by atoms with van der Waals surface area (Å²) in [5, 5.41) is 0. The molecule has 2 aliphatic rings. The second kappa shape index (κ2) is 7.59. The zero-order valence-electron chi connectivity index (χ0n) is 13.9. The van der Waals surface area contributed by atoms with Gasteiger partial charge in [-0.3, -0.25) is 4.79 Å². The van der Waals surface area contributed by atoms with Crippen LogP contribution in [0, 0.1) is 5.92 Å². The number of rotatable bonds is 6. The Balaban J connectivity index is 1.74. The minimum absolute atomic E-state index is 0.199. The first-order chi connectivity index (χ1) is 10.1. The third-order valence-corrected chi connectivity index (χ3v) is 5.48. The molecule has 0 spiro atoms. The second-order valence-corrected chi connectivity index (χ2v) is 7.06. The topological polar surface area (TPSA) is 49.6 Å². The molecule has 0 aromatic rings. The number of amides is 1. The maximum Gasteiger partial charge on any atom is 0.224 e. The van der Waals surface area contributed by atoms with Gasteiger partial charge in [-0.25, -0.2) is 0 Å². The lowest BCUT2D eigenvalue weighted by molar-refractivity contribution is -0.133. The quantitative estimate of drug-likeness (QED) is 0.817. The van der Waals surface area contributed by atoms with Crippen molar-refractivity contribution in [1.82, 2.24) is 9.80 Å². The minimum Gasteiger partial charge on any atom is -0.343 e. The van der Waals surface area contributed by atoms with Crippen molar-refractivity contribution >= 4 is 5.91 Å². The lowest BCUT2D eigenvalue weighted by atomic mass is 9.92. The van der Waals surface area contributed by atoms with E-state index >= 15 is 0 Å². The van der Waals surface area contributed by atoms with Crippen molar-refractivity contribution < 1.29 is 4.79 Å². The number of hydrogen-bond donors (Lipinski definition) is 1. The lowest BCUT2D eigenvalue weighted by Crippen LogP contribution is -2.46. The summed E-state index contributed by atoms with van der Waals surface area (Å²) in [5.74, 6) is 1.05. The van der Waals surface area contributed by atoms with Gasteiger partial charge in [-0.1, -0.05) is 26.7 Å². The van der Waals surface area contributed by atoms with Crippen molar-refractivity contribution in [3.05, 3.63) is 0 Å². The average molecular weight is 295 g/mol. The highest BCUT2D eigenvalue weighted by Gasteiger charge is 2.34. The minimum atomic E-state index is -0.199. The Bertz CT molecular complexity index is 327. The zero-order valence-corrected chi connectivity index (χ0v) is 13.9. The van der Waals surface area contributed by atoms with Crippen molar-refractivity contribution in [1.29, 1.82) is 0 Å².